The normalized spacial score (nSPS) is 18.9. The first-order valence-corrected chi connectivity index (χ1v) is 8.76. The maximum Gasteiger partial charge on any atom is 0.312 e. The van der Waals surface area contributed by atoms with Crippen LogP contribution >= 0.6 is 0 Å². The molecule has 3 rings (SSSR count). The summed E-state index contributed by atoms with van der Waals surface area (Å²) in [6.07, 6.45) is 3.40. The van der Waals surface area contributed by atoms with Crippen LogP contribution < -0.4 is 15.5 Å². The number of carbonyl (C=O) groups is 2. The summed E-state index contributed by atoms with van der Waals surface area (Å²) in [5, 5.41) is 6.03. The smallest absolute Gasteiger partial charge is 0.312 e. The first-order valence-electron chi connectivity index (χ1n) is 8.76. The van der Waals surface area contributed by atoms with Crippen molar-refractivity contribution >= 4 is 17.8 Å². The van der Waals surface area contributed by atoms with E-state index in [0.717, 1.165) is 32.7 Å². The second kappa shape index (κ2) is 8.72. The molecule has 2 aliphatic rings. The van der Waals surface area contributed by atoms with Gasteiger partial charge < -0.3 is 20.4 Å². The predicted octanol–water partition coefficient (Wildman–Crippen LogP) is -1.85. The molecule has 2 saturated heterocycles. The molecule has 0 aromatic carbocycles. The molecule has 2 N–H and O–H groups in total. The summed E-state index contributed by atoms with van der Waals surface area (Å²) in [6.45, 7) is 7.45. The molecule has 25 heavy (non-hydrogen) atoms. The van der Waals surface area contributed by atoms with E-state index in [1.807, 2.05) is 4.90 Å². The topological polar surface area (TPSA) is 93.7 Å². The zero-order chi connectivity index (χ0) is 17.5. The minimum atomic E-state index is -0.514. The SMILES string of the molecule is O=C(NCCN1CCNCC1)C(=O)N1CCN(c2ncccn2)CC1. The van der Waals surface area contributed by atoms with Gasteiger partial charge in [-0.05, 0) is 6.07 Å². The molecule has 2 fully saturated rings. The third-order valence-corrected chi connectivity index (χ3v) is 4.52. The third-order valence-electron chi connectivity index (χ3n) is 4.52. The lowest BCUT2D eigenvalue weighted by atomic mass is 10.3. The fourth-order valence-electron chi connectivity index (χ4n) is 3.05. The first kappa shape index (κ1) is 17.6. The number of piperazine rings is 2. The van der Waals surface area contributed by atoms with Gasteiger partial charge in [-0.15, -0.1) is 0 Å². The molecule has 1 aromatic rings. The Morgan fingerprint density at radius 2 is 1.72 bits per heavy atom. The van der Waals surface area contributed by atoms with Gasteiger partial charge in [0, 0.05) is 77.8 Å². The maximum atomic E-state index is 12.3. The standard InChI is InChI=1S/C16H25N7O2/c24-14(18-6-9-21-7-4-17-5-8-21)15(25)22-10-12-23(13-11-22)16-19-2-1-3-20-16/h1-3,17H,4-13H2,(H,18,24). The van der Waals surface area contributed by atoms with Gasteiger partial charge in [-0.25, -0.2) is 9.97 Å². The van der Waals surface area contributed by atoms with Gasteiger partial charge in [-0.1, -0.05) is 0 Å². The quantitative estimate of drug-likeness (QED) is 0.618. The lowest BCUT2D eigenvalue weighted by Crippen LogP contribution is -2.53. The van der Waals surface area contributed by atoms with E-state index in [-0.39, 0.29) is 0 Å². The van der Waals surface area contributed by atoms with Gasteiger partial charge in [-0.2, -0.15) is 0 Å². The van der Waals surface area contributed by atoms with Crippen LogP contribution in [0.1, 0.15) is 0 Å². The van der Waals surface area contributed by atoms with Gasteiger partial charge >= 0.3 is 11.8 Å². The Bertz CT molecular complexity index is 569. The van der Waals surface area contributed by atoms with Crippen LogP contribution in [0.15, 0.2) is 18.5 Å². The van der Waals surface area contributed by atoms with Crippen LogP contribution in [0.2, 0.25) is 0 Å². The number of carbonyl (C=O) groups excluding carboxylic acids is 2. The highest BCUT2D eigenvalue weighted by molar-refractivity contribution is 6.35. The Balaban J connectivity index is 1.38. The lowest BCUT2D eigenvalue weighted by molar-refractivity contribution is -0.146. The van der Waals surface area contributed by atoms with E-state index in [9.17, 15) is 9.59 Å². The van der Waals surface area contributed by atoms with E-state index in [4.69, 9.17) is 0 Å². The summed E-state index contributed by atoms with van der Waals surface area (Å²) in [4.78, 5) is 38.7. The van der Waals surface area contributed by atoms with E-state index in [2.05, 4.69) is 25.5 Å². The molecule has 0 unspecified atom stereocenters. The van der Waals surface area contributed by atoms with Crippen molar-refractivity contribution in [2.24, 2.45) is 0 Å². The van der Waals surface area contributed by atoms with Crippen molar-refractivity contribution in [3.05, 3.63) is 18.5 Å². The molecule has 0 spiro atoms. The Kier molecular flexibility index (Phi) is 6.13. The maximum absolute atomic E-state index is 12.3. The summed E-state index contributed by atoms with van der Waals surface area (Å²) in [7, 11) is 0. The van der Waals surface area contributed by atoms with E-state index in [1.165, 1.54) is 0 Å². The first-order chi connectivity index (χ1) is 12.2. The van der Waals surface area contributed by atoms with Gasteiger partial charge in [0.2, 0.25) is 5.95 Å². The Morgan fingerprint density at radius 3 is 2.40 bits per heavy atom. The Labute approximate surface area is 147 Å². The van der Waals surface area contributed by atoms with Crippen molar-refractivity contribution in [2.45, 2.75) is 0 Å². The average molecular weight is 347 g/mol. The van der Waals surface area contributed by atoms with Crippen LogP contribution in [0, 0.1) is 0 Å². The molecule has 9 heteroatoms. The van der Waals surface area contributed by atoms with Gasteiger partial charge in [0.15, 0.2) is 0 Å². The van der Waals surface area contributed by atoms with Crippen molar-refractivity contribution in [2.75, 3.05) is 70.3 Å². The molecule has 0 atom stereocenters. The molecule has 2 amide bonds. The highest BCUT2D eigenvalue weighted by Crippen LogP contribution is 2.09. The minimum Gasteiger partial charge on any atom is -0.347 e. The van der Waals surface area contributed by atoms with Crippen LogP contribution in [0.4, 0.5) is 5.95 Å². The largest absolute Gasteiger partial charge is 0.347 e. The van der Waals surface area contributed by atoms with Crippen molar-refractivity contribution < 1.29 is 9.59 Å². The van der Waals surface area contributed by atoms with E-state index >= 15 is 0 Å². The fourth-order valence-corrected chi connectivity index (χ4v) is 3.05. The number of rotatable bonds is 4. The monoisotopic (exact) mass is 347 g/mol. The molecule has 2 aliphatic heterocycles. The highest BCUT2D eigenvalue weighted by atomic mass is 16.2. The summed E-state index contributed by atoms with van der Waals surface area (Å²) >= 11 is 0. The Morgan fingerprint density at radius 1 is 1.04 bits per heavy atom. The van der Waals surface area contributed by atoms with Crippen molar-refractivity contribution in [3.63, 3.8) is 0 Å². The van der Waals surface area contributed by atoms with E-state index in [1.54, 1.807) is 23.4 Å². The zero-order valence-corrected chi connectivity index (χ0v) is 14.4. The number of aromatic nitrogens is 2. The van der Waals surface area contributed by atoms with E-state index < -0.39 is 11.8 Å². The molecule has 1 aromatic heterocycles. The van der Waals surface area contributed by atoms with Crippen LogP contribution in [0.3, 0.4) is 0 Å². The molecule has 0 aliphatic carbocycles. The molecule has 0 bridgehead atoms. The second-order valence-electron chi connectivity index (χ2n) is 6.18. The molecular weight excluding hydrogens is 322 g/mol. The number of hydrogen-bond donors (Lipinski definition) is 2. The summed E-state index contributed by atoms with van der Waals surface area (Å²) < 4.78 is 0. The Hall–Kier alpha value is -2.26. The number of nitrogens with zero attached hydrogens (tertiary/aromatic N) is 5. The molecular formula is C16H25N7O2. The van der Waals surface area contributed by atoms with Gasteiger partial charge in [0.1, 0.15) is 0 Å². The lowest BCUT2D eigenvalue weighted by Gasteiger charge is -2.34. The summed E-state index contributed by atoms with van der Waals surface area (Å²) in [5.41, 5.74) is 0. The number of amides is 2. The molecule has 3 heterocycles. The fraction of sp³-hybridized carbons (Fsp3) is 0.625. The molecule has 136 valence electrons. The molecule has 0 saturated carbocycles. The minimum absolute atomic E-state index is 0.450. The average Bonchev–Trinajstić information content (AvgIpc) is 2.69. The van der Waals surface area contributed by atoms with Crippen LogP contribution in [0.5, 0.6) is 0 Å². The van der Waals surface area contributed by atoms with Crippen molar-refractivity contribution in [3.8, 4) is 0 Å². The highest BCUT2D eigenvalue weighted by Gasteiger charge is 2.26. The number of hydrogen-bond acceptors (Lipinski definition) is 7. The van der Waals surface area contributed by atoms with Crippen LogP contribution in [-0.2, 0) is 9.59 Å². The molecule has 9 nitrogen and oxygen atoms in total. The second-order valence-corrected chi connectivity index (χ2v) is 6.18. The summed E-state index contributed by atoms with van der Waals surface area (Å²) in [5.74, 6) is -0.302. The molecule has 0 radical (unpaired) electrons. The van der Waals surface area contributed by atoms with Gasteiger partial charge in [0.25, 0.3) is 0 Å². The van der Waals surface area contributed by atoms with Crippen LogP contribution in [-0.4, -0.2) is 97.0 Å². The summed E-state index contributed by atoms with van der Waals surface area (Å²) in [6, 6.07) is 1.77. The van der Waals surface area contributed by atoms with E-state index in [0.29, 0.717) is 38.7 Å². The van der Waals surface area contributed by atoms with Gasteiger partial charge in [0.05, 0.1) is 0 Å². The number of anilines is 1. The number of nitrogens with one attached hydrogen (secondary N) is 2. The third kappa shape index (κ3) is 4.86. The predicted molar refractivity (Wildman–Crippen MR) is 93.1 cm³/mol. The van der Waals surface area contributed by atoms with Crippen LogP contribution in [0.25, 0.3) is 0 Å². The van der Waals surface area contributed by atoms with Crippen molar-refractivity contribution in [1.29, 1.82) is 0 Å². The zero-order valence-electron chi connectivity index (χ0n) is 14.4. The van der Waals surface area contributed by atoms with Crippen molar-refractivity contribution in [1.82, 2.24) is 30.4 Å². The van der Waals surface area contributed by atoms with Gasteiger partial charge in [-0.3, -0.25) is 14.5 Å².